The van der Waals surface area contributed by atoms with Gasteiger partial charge in [0.05, 0.1) is 28.3 Å². The summed E-state index contributed by atoms with van der Waals surface area (Å²) in [5.41, 5.74) is 1.78. The number of nitrogens with zero attached hydrogens (tertiary/aromatic N) is 3. The molecule has 1 aromatic carbocycles. The summed E-state index contributed by atoms with van der Waals surface area (Å²) in [5, 5.41) is 2.96. The summed E-state index contributed by atoms with van der Waals surface area (Å²) in [5.74, 6) is -0.758. The maximum absolute atomic E-state index is 13.4. The van der Waals surface area contributed by atoms with Crippen molar-refractivity contribution in [2.24, 2.45) is 11.8 Å². The van der Waals surface area contributed by atoms with Crippen molar-refractivity contribution in [1.82, 2.24) is 20.2 Å². The molecule has 1 atom stereocenters. The van der Waals surface area contributed by atoms with Gasteiger partial charge in [0.2, 0.25) is 5.91 Å². The van der Waals surface area contributed by atoms with E-state index in [1.165, 1.54) is 18.4 Å². The minimum atomic E-state index is -0.477. The molecule has 0 radical (unpaired) electrons. The van der Waals surface area contributed by atoms with E-state index in [0.717, 1.165) is 20.5 Å². The van der Waals surface area contributed by atoms with Crippen molar-refractivity contribution in [1.29, 1.82) is 0 Å². The number of hydrogen-bond acceptors (Lipinski definition) is 7. The largest absolute Gasteiger partial charge is 0.469 e. The average molecular weight is 600 g/mol. The van der Waals surface area contributed by atoms with E-state index in [1.807, 2.05) is 36.4 Å². The molecule has 3 heterocycles. The first-order chi connectivity index (χ1) is 18.0. The molecule has 10 heteroatoms. The Balaban J connectivity index is 1.46. The van der Waals surface area contributed by atoms with Crippen molar-refractivity contribution < 1.29 is 19.1 Å². The highest BCUT2D eigenvalue weighted by Crippen LogP contribution is 2.29. The fraction of sp³-hybridized carbons (Fsp3) is 0.393. The van der Waals surface area contributed by atoms with Crippen LogP contribution in [0.3, 0.4) is 0 Å². The highest BCUT2D eigenvalue weighted by Gasteiger charge is 2.39. The molecule has 1 aliphatic heterocycles. The lowest BCUT2D eigenvalue weighted by Crippen LogP contribution is -2.56. The normalized spacial score (nSPS) is 14.5. The van der Waals surface area contributed by atoms with E-state index in [-0.39, 0.29) is 35.7 Å². The number of thiophene rings is 1. The van der Waals surface area contributed by atoms with Crippen LogP contribution < -0.4 is 5.32 Å². The third kappa shape index (κ3) is 6.66. The predicted octanol–water partition coefficient (Wildman–Crippen LogP) is 4.49. The van der Waals surface area contributed by atoms with E-state index in [4.69, 9.17) is 4.74 Å². The summed E-state index contributed by atoms with van der Waals surface area (Å²) in [4.78, 5) is 50.2. The zero-order valence-electron chi connectivity index (χ0n) is 21.9. The first-order valence-electron chi connectivity index (χ1n) is 12.4. The molecule has 1 saturated heterocycles. The predicted molar refractivity (Wildman–Crippen MR) is 150 cm³/mol. The topological polar surface area (TPSA) is 101 Å². The molecule has 0 bridgehead atoms. The minimum Gasteiger partial charge on any atom is -0.469 e. The average Bonchev–Trinajstić information content (AvgIpc) is 3.37. The van der Waals surface area contributed by atoms with E-state index in [2.05, 4.69) is 52.0 Å². The van der Waals surface area contributed by atoms with E-state index >= 15 is 0 Å². The second kappa shape index (κ2) is 11.7. The molecule has 2 aromatic heterocycles. The number of likely N-dealkylation sites (tertiary alicyclic amines) is 1. The van der Waals surface area contributed by atoms with E-state index in [1.54, 1.807) is 17.3 Å². The lowest BCUT2D eigenvalue weighted by Gasteiger charge is -2.39. The second-order valence-electron chi connectivity index (χ2n) is 10.4. The first kappa shape index (κ1) is 27.9. The van der Waals surface area contributed by atoms with Gasteiger partial charge in [-0.15, -0.1) is 11.3 Å². The quantitative estimate of drug-likeness (QED) is 0.383. The molecule has 0 unspecified atom stereocenters. The molecule has 0 spiro atoms. The third-order valence-electron chi connectivity index (χ3n) is 6.47. The van der Waals surface area contributed by atoms with Crippen molar-refractivity contribution in [3.63, 3.8) is 0 Å². The Morgan fingerprint density at radius 1 is 1.11 bits per heavy atom. The number of ether oxygens (including phenoxy) is 1. The molecule has 1 fully saturated rings. The van der Waals surface area contributed by atoms with Crippen molar-refractivity contribution >= 4 is 45.1 Å². The Labute approximate surface area is 235 Å². The Kier molecular flexibility index (Phi) is 8.62. The summed E-state index contributed by atoms with van der Waals surface area (Å²) in [7, 11) is 1.35. The third-order valence-corrected chi connectivity index (χ3v) is 8.39. The van der Waals surface area contributed by atoms with Crippen LogP contribution in [0.2, 0.25) is 0 Å². The van der Waals surface area contributed by atoms with Crippen LogP contribution in [0.5, 0.6) is 0 Å². The van der Waals surface area contributed by atoms with Crippen molar-refractivity contribution in [2.45, 2.75) is 32.6 Å². The van der Waals surface area contributed by atoms with Gasteiger partial charge in [0.25, 0.3) is 5.91 Å². The van der Waals surface area contributed by atoms with E-state index in [0.29, 0.717) is 30.2 Å². The Morgan fingerprint density at radius 3 is 2.34 bits per heavy atom. The molecule has 0 aliphatic carbocycles. The zero-order chi connectivity index (χ0) is 27.4. The number of hydrogen-bond donors (Lipinski definition) is 1. The van der Waals surface area contributed by atoms with Gasteiger partial charge in [0.1, 0.15) is 0 Å². The number of carbonyl (C=O) groups is 3. The van der Waals surface area contributed by atoms with E-state index in [9.17, 15) is 14.4 Å². The maximum atomic E-state index is 13.4. The van der Waals surface area contributed by atoms with Crippen LogP contribution in [0.15, 0.2) is 53.3 Å². The standard InChI is InChI=1S/C28H31BrN4O4S/c1-28(2,3)23-10-9-22(38-23)25(34)32-12-19(26(35)33-15-20(16-33)27(36)37-4)11-17-5-7-18(8-6-17)24-30-13-21(29)14-31-24/h5-10,13-14,19-20H,11-12,15-16H2,1-4H3,(H,32,34)/t19-/m1/s1. The van der Waals surface area contributed by atoms with E-state index < -0.39 is 5.92 Å². The molecule has 4 rings (SSSR count). The van der Waals surface area contributed by atoms with Crippen LogP contribution in [0.25, 0.3) is 11.4 Å². The number of carbonyl (C=O) groups excluding carboxylic acids is 3. The summed E-state index contributed by atoms with van der Waals surface area (Å²) in [6.45, 7) is 7.18. The molecule has 200 valence electrons. The number of halogens is 1. The number of rotatable bonds is 8. The molecule has 8 nitrogen and oxygen atoms in total. The molecular formula is C28H31BrN4O4S. The van der Waals surface area contributed by atoms with Crippen molar-refractivity contribution in [3.8, 4) is 11.4 Å². The van der Waals surface area contributed by atoms with Crippen molar-refractivity contribution in [2.75, 3.05) is 26.7 Å². The van der Waals surface area contributed by atoms with Gasteiger partial charge in [0, 0.05) is 42.5 Å². The molecule has 2 amide bonds. The monoisotopic (exact) mass is 598 g/mol. The Hall–Kier alpha value is -3.11. The molecular weight excluding hydrogens is 568 g/mol. The van der Waals surface area contributed by atoms with Crippen LogP contribution in [0.4, 0.5) is 0 Å². The Bertz CT molecular complexity index is 1300. The summed E-state index contributed by atoms with van der Waals surface area (Å²) in [6, 6.07) is 11.6. The molecule has 1 N–H and O–H groups in total. The van der Waals surface area contributed by atoms with Crippen molar-refractivity contribution in [3.05, 3.63) is 68.6 Å². The summed E-state index contributed by atoms with van der Waals surface area (Å²) >= 11 is 4.81. The number of nitrogens with one attached hydrogen (secondary N) is 1. The van der Waals surface area contributed by atoms with Gasteiger partial charge >= 0.3 is 5.97 Å². The number of aromatic nitrogens is 2. The highest BCUT2D eigenvalue weighted by molar-refractivity contribution is 9.10. The van der Waals surface area contributed by atoms with Gasteiger partial charge in [-0.1, -0.05) is 45.0 Å². The zero-order valence-corrected chi connectivity index (χ0v) is 24.3. The molecule has 3 aromatic rings. The summed E-state index contributed by atoms with van der Waals surface area (Å²) < 4.78 is 5.61. The number of esters is 1. The smallest absolute Gasteiger partial charge is 0.312 e. The van der Waals surface area contributed by atoms with Gasteiger partial charge in [-0.25, -0.2) is 9.97 Å². The second-order valence-corrected chi connectivity index (χ2v) is 12.4. The maximum Gasteiger partial charge on any atom is 0.312 e. The fourth-order valence-electron chi connectivity index (χ4n) is 4.18. The number of benzene rings is 1. The molecule has 38 heavy (non-hydrogen) atoms. The van der Waals surface area contributed by atoms with Crippen LogP contribution in [0.1, 0.15) is 40.9 Å². The van der Waals surface area contributed by atoms with Crippen LogP contribution in [-0.2, 0) is 26.2 Å². The number of amides is 2. The Morgan fingerprint density at radius 2 is 1.76 bits per heavy atom. The van der Waals surface area contributed by atoms with Gasteiger partial charge < -0.3 is 15.0 Å². The summed E-state index contributed by atoms with van der Waals surface area (Å²) in [6.07, 6.45) is 3.83. The lowest BCUT2D eigenvalue weighted by molar-refractivity contribution is -0.157. The first-order valence-corrected chi connectivity index (χ1v) is 14.0. The fourth-order valence-corrected chi connectivity index (χ4v) is 5.37. The molecule has 0 saturated carbocycles. The van der Waals surface area contributed by atoms with Crippen LogP contribution >= 0.6 is 27.3 Å². The van der Waals surface area contributed by atoms with Gasteiger partial charge in [-0.3, -0.25) is 14.4 Å². The number of methoxy groups -OCH3 is 1. The molecule has 1 aliphatic rings. The SMILES string of the molecule is COC(=O)C1CN(C(=O)[C@@H](CNC(=O)c2ccc(C(C)(C)C)s2)Cc2ccc(-c3ncc(Br)cn3)cc2)C1. The van der Waals surface area contributed by atoms with Gasteiger partial charge in [0.15, 0.2) is 5.82 Å². The van der Waals surface area contributed by atoms with Gasteiger partial charge in [-0.2, -0.15) is 0 Å². The minimum absolute atomic E-state index is 0.0389. The van der Waals surface area contributed by atoms with Crippen LogP contribution in [0, 0.1) is 11.8 Å². The van der Waals surface area contributed by atoms with Crippen LogP contribution in [-0.4, -0.2) is 59.4 Å². The highest BCUT2D eigenvalue weighted by atomic mass is 79.9. The lowest BCUT2D eigenvalue weighted by atomic mass is 9.93. The van der Waals surface area contributed by atoms with Gasteiger partial charge in [-0.05, 0) is 45.5 Å².